The van der Waals surface area contributed by atoms with Crippen LogP contribution in [0.5, 0.6) is 0 Å². The van der Waals surface area contributed by atoms with Gasteiger partial charge in [0.1, 0.15) is 0 Å². The van der Waals surface area contributed by atoms with Gasteiger partial charge >= 0.3 is 5.97 Å². The highest BCUT2D eigenvalue weighted by Gasteiger charge is 2.14. The van der Waals surface area contributed by atoms with E-state index >= 15 is 0 Å². The van der Waals surface area contributed by atoms with Gasteiger partial charge in [0.25, 0.3) is 5.89 Å². The van der Waals surface area contributed by atoms with Crippen LogP contribution in [0.2, 0.25) is 0 Å². The van der Waals surface area contributed by atoms with Gasteiger partial charge in [0.2, 0.25) is 5.82 Å². The molecule has 0 fully saturated rings. The second-order valence-electron chi connectivity index (χ2n) is 4.16. The Morgan fingerprint density at radius 1 is 1.19 bits per heavy atom. The molecule has 0 spiro atoms. The van der Waals surface area contributed by atoms with Crippen molar-refractivity contribution in [3.05, 3.63) is 54.1 Å². The van der Waals surface area contributed by atoms with Gasteiger partial charge in [-0.2, -0.15) is 4.98 Å². The number of carboxylic acids is 1. The molecule has 21 heavy (non-hydrogen) atoms. The average Bonchev–Trinajstić information content (AvgIpc) is 2.97. The van der Waals surface area contributed by atoms with E-state index in [-0.39, 0.29) is 22.8 Å². The molecule has 0 aliphatic carbocycles. The SMILES string of the molecule is O=C(O)c1ccc(-c2noc(-c3ccncc3F)n2)cc1. The number of aromatic carboxylic acids is 1. The highest BCUT2D eigenvalue weighted by Crippen LogP contribution is 2.23. The summed E-state index contributed by atoms with van der Waals surface area (Å²) in [6.45, 7) is 0. The molecule has 0 amide bonds. The van der Waals surface area contributed by atoms with Crippen molar-refractivity contribution in [2.45, 2.75) is 0 Å². The van der Waals surface area contributed by atoms with Crippen LogP contribution in [0.3, 0.4) is 0 Å². The van der Waals surface area contributed by atoms with Crippen LogP contribution in [0.15, 0.2) is 47.2 Å². The molecule has 7 heteroatoms. The number of hydrogen-bond donors (Lipinski definition) is 1. The number of rotatable bonds is 3. The molecule has 2 aromatic heterocycles. The van der Waals surface area contributed by atoms with Crippen LogP contribution >= 0.6 is 0 Å². The topological polar surface area (TPSA) is 89.1 Å². The number of benzene rings is 1. The van der Waals surface area contributed by atoms with Crippen LogP contribution in [0.25, 0.3) is 22.8 Å². The first-order valence-electron chi connectivity index (χ1n) is 5.92. The predicted molar refractivity (Wildman–Crippen MR) is 69.9 cm³/mol. The fourth-order valence-corrected chi connectivity index (χ4v) is 1.76. The lowest BCUT2D eigenvalue weighted by Gasteiger charge is -1.96. The van der Waals surface area contributed by atoms with Crippen molar-refractivity contribution in [1.29, 1.82) is 0 Å². The van der Waals surface area contributed by atoms with Crippen LogP contribution in [0, 0.1) is 5.82 Å². The largest absolute Gasteiger partial charge is 0.478 e. The van der Waals surface area contributed by atoms with Gasteiger partial charge in [-0.3, -0.25) is 4.98 Å². The molecule has 6 nitrogen and oxygen atoms in total. The quantitative estimate of drug-likeness (QED) is 0.795. The Morgan fingerprint density at radius 3 is 2.62 bits per heavy atom. The highest BCUT2D eigenvalue weighted by molar-refractivity contribution is 5.88. The fraction of sp³-hybridized carbons (Fsp3) is 0. The van der Waals surface area contributed by atoms with Gasteiger partial charge in [-0.05, 0) is 18.2 Å². The lowest BCUT2D eigenvalue weighted by Crippen LogP contribution is -1.95. The summed E-state index contributed by atoms with van der Waals surface area (Å²) in [7, 11) is 0. The monoisotopic (exact) mass is 285 g/mol. The van der Waals surface area contributed by atoms with Crippen LogP contribution in [-0.4, -0.2) is 26.2 Å². The predicted octanol–water partition coefficient (Wildman–Crippen LogP) is 2.64. The molecule has 3 rings (SSSR count). The van der Waals surface area contributed by atoms with Crippen molar-refractivity contribution >= 4 is 5.97 Å². The number of halogens is 1. The van der Waals surface area contributed by atoms with Crippen molar-refractivity contribution in [3.63, 3.8) is 0 Å². The second kappa shape index (κ2) is 5.12. The first-order valence-corrected chi connectivity index (χ1v) is 5.92. The molecular formula is C14H8FN3O3. The molecule has 1 aromatic carbocycles. The summed E-state index contributed by atoms with van der Waals surface area (Å²) in [6, 6.07) is 7.41. The Kier molecular flexibility index (Phi) is 3.15. The number of nitrogens with zero attached hydrogens (tertiary/aromatic N) is 3. The molecule has 0 atom stereocenters. The van der Waals surface area contributed by atoms with E-state index in [9.17, 15) is 9.18 Å². The minimum absolute atomic E-state index is 0.0345. The number of pyridine rings is 1. The molecule has 0 saturated carbocycles. The van der Waals surface area contributed by atoms with E-state index in [2.05, 4.69) is 15.1 Å². The first kappa shape index (κ1) is 12.9. The summed E-state index contributed by atoms with van der Waals surface area (Å²) in [4.78, 5) is 18.5. The first-order chi connectivity index (χ1) is 10.1. The summed E-state index contributed by atoms with van der Waals surface area (Å²) >= 11 is 0. The fourth-order valence-electron chi connectivity index (χ4n) is 1.76. The maximum atomic E-state index is 13.6. The van der Waals surface area contributed by atoms with E-state index in [1.165, 1.54) is 24.4 Å². The van der Waals surface area contributed by atoms with E-state index in [4.69, 9.17) is 9.63 Å². The maximum Gasteiger partial charge on any atom is 0.335 e. The smallest absolute Gasteiger partial charge is 0.335 e. The van der Waals surface area contributed by atoms with Gasteiger partial charge < -0.3 is 9.63 Å². The molecule has 0 radical (unpaired) electrons. The van der Waals surface area contributed by atoms with Crippen LogP contribution < -0.4 is 0 Å². The van der Waals surface area contributed by atoms with Gasteiger partial charge in [0.05, 0.1) is 17.3 Å². The zero-order valence-corrected chi connectivity index (χ0v) is 10.5. The zero-order valence-electron chi connectivity index (χ0n) is 10.5. The normalized spacial score (nSPS) is 10.5. The molecule has 0 aliphatic rings. The van der Waals surface area contributed by atoms with Gasteiger partial charge in [-0.15, -0.1) is 0 Å². The van der Waals surface area contributed by atoms with Crippen LogP contribution in [-0.2, 0) is 0 Å². The standard InChI is InChI=1S/C14H8FN3O3/c15-11-7-16-6-5-10(11)13-17-12(18-21-13)8-1-3-9(4-2-8)14(19)20/h1-7H,(H,19,20). The van der Waals surface area contributed by atoms with Crippen LogP contribution in [0.4, 0.5) is 4.39 Å². The minimum Gasteiger partial charge on any atom is -0.478 e. The molecular weight excluding hydrogens is 277 g/mol. The lowest BCUT2D eigenvalue weighted by molar-refractivity contribution is 0.0697. The Bertz CT molecular complexity index is 799. The molecule has 0 unspecified atom stereocenters. The summed E-state index contributed by atoms with van der Waals surface area (Å²) in [5.41, 5.74) is 0.887. The summed E-state index contributed by atoms with van der Waals surface area (Å²) < 4.78 is 18.6. The van der Waals surface area contributed by atoms with Crippen molar-refractivity contribution in [1.82, 2.24) is 15.1 Å². The second-order valence-corrected chi connectivity index (χ2v) is 4.16. The molecule has 0 aliphatic heterocycles. The third kappa shape index (κ3) is 2.48. The molecule has 0 bridgehead atoms. The summed E-state index contributed by atoms with van der Waals surface area (Å²) in [5, 5.41) is 12.6. The van der Waals surface area contributed by atoms with E-state index in [0.29, 0.717) is 5.56 Å². The third-order valence-corrected chi connectivity index (χ3v) is 2.82. The van der Waals surface area contributed by atoms with Crippen molar-refractivity contribution in [2.75, 3.05) is 0 Å². The van der Waals surface area contributed by atoms with Gasteiger partial charge in [-0.25, -0.2) is 9.18 Å². The average molecular weight is 285 g/mol. The van der Waals surface area contributed by atoms with E-state index < -0.39 is 11.8 Å². The van der Waals surface area contributed by atoms with Crippen molar-refractivity contribution in [2.24, 2.45) is 0 Å². The summed E-state index contributed by atoms with van der Waals surface area (Å²) in [5.74, 6) is -1.30. The Labute approximate surface area is 117 Å². The lowest BCUT2D eigenvalue weighted by atomic mass is 10.1. The van der Waals surface area contributed by atoms with Gasteiger partial charge in [-0.1, -0.05) is 17.3 Å². The minimum atomic E-state index is -1.02. The molecule has 1 N–H and O–H groups in total. The third-order valence-electron chi connectivity index (χ3n) is 2.82. The van der Waals surface area contributed by atoms with Gasteiger partial charge in [0.15, 0.2) is 5.82 Å². The molecule has 0 saturated heterocycles. The van der Waals surface area contributed by atoms with Crippen LogP contribution in [0.1, 0.15) is 10.4 Å². The molecule has 3 aromatic rings. The Hall–Kier alpha value is -3.09. The van der Waals surface area contributed by atoms with Gasteiger partial charge in [0, 0.05) is 11.8 Å². The summed E-state index contributed by atoms with van der Waals surface area (Å²) in [6.07, 6.45) is 2.48. The number of carbonyl (C=O) groups is 1. The number of carboxylic acid groups (broad SMARTS) is 1. The van der Waals surface area contributed by atoms with E-state index in [1.807, 2.05) is 0 Å². The Morgan fingerprint density at radius 2 is 1.95 bits per heavy atom. The zero-order chi connectivity index (χ0) is 14.8. The maximum absolute atomic E-state index is 13.6. The number of hydrogen-bond acceptors (Lipinski definition) is 5. The number of aromatic nitrogens is 3. The van der Waals surface area contributed by atoms with E-state index in [0.717, 1.165) is 6.20 Å². The molecule has 2 heterocycles. The van der Waals surface area contributed by atoms with E-state index in [1.54, 1.807) is 12.1 Å². The van der Waals surface area contributed by atoms with Crippen molar-refractivity contribution < 1.29 is 18.8 Å². The van der Waals surface area contributed by atoms with Crippen molar-refractivity contribution in [3.8, 4) is 22.8 Å². The Balaban J connectivity index is 1.95. The molecule has 104 valence electrons. The highest BCUT2D eigenvalue weighted by atomic mass is 19.1.